The summed E-state index contributed by atoms with van der Waals surface area (Å²) in [5, 5.41) is 22.7. The fourth-order valence-electron chi connectivity index (χ4n) is 4.35. The lowest BCUT2D eigenvalue weighted by molar-refractivity contribution is -0.192. The molecule has 1 fully saturated rings. The van der Waals surface area contributed by atoms with Crippen molar-refractivity contribution in [2.45, 2.75) is 51.6 Å². The number of fused-ring (bicyclic) bond motifs is 1. The molecule has 1 saturated heterocycles. The Hall–Kier alpha value is -4.50. The van der Waals surface area contributed by atoms with Crippen LogP contribution in [0.3, 0.4) is 0 Å². The molecule has 0 spiro atoms. The average Bonchev–Trinajstić information content (AvgIpc) is 3.65. The molecule has 5 rings (SSSR count). The summed E-state index contributed by atoms with van der Waals surface area (Å²) in [5.41, 5.74) is 2.49. The van der Waals surface area contributed by atoms with Gasteiger partial charge in [-0.25, -0.2) is 14.3 Å². The predicted molar refractivity (Wildman–Crippen MR) is 144 cm³/mol. The first kappa shape index (κ1) is 30.5. The summed E-state index contributed by atoms with van der Waals surface area (Å²) in [6.07, 6.45) is 5.40. The molecule has 1 amide bonds. The average molecular weight is 592 g/mol. The highest BCUT2D eigenvalue weighted by Crippen LogP contribution is 2.28. The number of hydrogen-bond donors (Lipinski definition) is 2. The highest BCUT2D eigenvalue weighted by atomic mass is 19.4. The summed E-state index contributed by atoms with van der Waals surface area (Å²) in [6, 6.07) is 1.99. The molecule has 4 aromatic heterocycles. The lowest BCUT2D eigenvalue weighted by Crippen LogP contribution is -2.31. The fraction of sp³-hybridized carbons (Fsp3) is 0.500. The van der Waals surface area contributed by atoms with Crippen molar-refractivity contribution in [1.82, 2.24) is 39.8 Å². The van der Waals surface area contributed by atoms with E-state index >= 15 is 0 Å². The molecular formula is C26H32F3N9O4. The number of halogens is 3. The van der Waals surface area contributed by atoms with Crippen LogP contribution in [0.2, 0.25) is 0 Å². The molecule has 16 heteroatoms. The third kappa shape index (κ3) is 7.41. The molecule has 0 aliphatic carbocycles. The number of rotatable bonds is 5. The first-order chi connectivity index (χ1) is 19.7. The third-order valence-electron chi connectivity index (χ3n) is 6.58. The first-order valence-corrected chi connectivity index (χ1v) is 13.2. The molecule has 0 bridgehead atoms. The SMILES string of the molecule is Cn1cc(-c2cn3nccc3c(N3CCCC(CNC(=O)c4noc(C(C)(C)C)n4)CC3)n2)cn1.O=C(O)C(F)(F)F. The van der Waals surface area contributed by atoms with Crippen LogP contribution in [0.1, 0.15) is 56.5 Å². The van der Waals surface area contributed by atoms with Gasteiger partial charge in [0.15, 0.2) is 5.82 Å². The van der Waals surface area contributed by atoms with Crippen LogP contribution in [0, 0.1) is 5.92 Å². The van der Waals surface area contributed by atoms with Crippen molar-refractivity contribution in [3.05, 3.63) is 42.6 Å². The van der Waals surface area contributed by atoms with Crippen LogP contribution in [0.15, 0.2) is 35.4 Å². The molecule has 0 saturated carbocycles. The second-order valence-corrected chi connectivity index (χ2v) is 11.0. The standard InChI is InChI=1S/C24H31N9O2.C2HF3O2/c1-24(2,3)23-29-20(30-35-23)22(34)25-12-16-6-5-10-32(11-8-16)21-19-7-9-26-33(19)15-18(28-21)17-13-27-31(4)14-17;3-2(4,5)1(6)7/h7,9,13-16H,5-6,8,10-12H2,1-4H3,(H,25,34);(H,6,7). The number of amides is 1. The highest BCUT2D eigenvalue weighted by molar-refractivity contribution is 5.90. The van der Waals surface area contributed by atoms with Crippen molar-refractivity contribution >= 4 is 23.2 Å². The van der Waals surface area contributed by atoms with Gasteiger partial charge in [-0.2, -0.15) is 28.4 Å². The molecule has 4 aromatic rings. The fourth-order valence-corrected chi connectivity index (χ4v) is 4.35. The zero-order chi connectivity index (χ0) is 30.7. The van der Waals surface area contributed by atoms with Crippen molar-refractivity contribution < 1.29 is 32.4 Å². The molecule has 1 aliphatic heterocycles. The maximum absolute atomic E-state index is 12.6. The topological polar surface area (TPSA) is 157 Å². The van der Waals surface area contributed by atoms with E-state index < -0.39 is 12.1 Å². The van der Waals surface area contributed by atoms with Gasteiger partial charge < -0.3 is 19.8 Å². The van der Waals surface area contributed by atoms with Crippen LogP contribution in [0.5, 0.6) is 0 Å². The molecule has 1 atom stereocenters. The van der Waals surface area contributed by atoms with Gasteiger partial charge in [0.05, 0.1) is 24.3 Å². The summed E-state index contributed by atoms with van der Waals surface area (Å²) in [6.45, 7) is 8.24. The van der Waals surface area contributed by atoms with Crippen LogP contribution in [0.4, 0.5) is 19.0 Å². The summed E-state index contributed by atoms with van der Waals surface area (Å²) in [7, 11) is 1.90. The quantitative estimate of drug-likeness (QED) is 0.352. The zero-order valence-electron chi connectivity index (χ0n) is 23.6. The van der Waals surface area contributed by atoms with Crippen LogP contribution < -0.4 is 10.2 Å². The maximum atomic E-state index is 12.6. The molecule has 1 unspecified atom stereocenters. The molecule has 1 aliphatic rings. The Labute approximate surface area is 238 Å². The predicted octanol–water partition coefficient (Wildman–Crippen LogP) is 3.48. The molecule has 13 nitrogen and oxygen atoms in total. The number of aromatic nitrogens is 7. The summed E-state index contributed by atoms with van der Waals surface area (Å²) >= 11 is 0. The highest BCUT2D eigenvalue weighted by Gasteiger charge is 2.38. The Morgan fingerprint density at radius 2 is 1.86 bits per heavy atom. The number of aryl methyl sites for hydroxylation is 1. The largest absolute Gasteiger partial charge is 0.490 e. The number of carboxylic acid groups (broad SMARTS) is 1. The van der Waals surface area contributed by atoms with Gasteiger partial charge in [0.2, 0.25) is 5.89 Å². The first-order valence-electron chi connectivity index (χ1n) is 13.2. The Morgan fingerprint density at radius 3 is 2.48 bits per heavy atom. The molecule has 5 heterocycles. The second kappa shape index (κ2) is 12.2. The van der Waals surface area contributed by atoms with E-state index in [4.69, 9.17) is 19.4 Å². The van der Waals surface area contributed by atoms with Crippen molar-refractivity contribution in [2.75, 3.05) is 24.5 Å². The number of hydrogen-bond acceptors (Lipinski definition) is 9. The summed E-state index contributed by atoms with van der Waals surface area (Å²) in [5.74, 6) is -1.22. The lowest BCUT2D eigenvalue weighted by atomic mass is 9.97. The van der Waals surface area contributed by atoms with E-state index in [2.05, 4.69) is 30.6 Å². The van der Waals surface area contributed by atoms with Crippen LogP contribution in [0.25, 0.3) is 16.8 Å². The van der Waals surface area contributed by atoms with E-state index in [0.29, 0.717) is 18.4 Å². The summed E-state index contributed by atoms with van der Waals surface area (Å²) < 4.78 is 40.6. The van der Waals surface area contributed by atoms with Gasteiger partial charge >= 0.3 is 12.1 Å². The number of alkyl halides is 3. The monoisotopic (exact) mass is 591 g/mol. The van der Waals surface area contributed by atoms with Crippen LogP contribution in [-0.2, 0) is 17.3 Å². The van der Waals surface area contributed by atoms with E-state index in [1.54, 1.807) is 10.9 Å². The summed E-state index contributed by atoms with van der Waals surface area (Å²) in [4.78, 5) is 33.0. The van der Waals surface area contributed by atoms with Crippen molar-refractivity contribution in [2.24, 2.45) is 13.0 Å². The Bertz CT molecular complexity index is 1540. The number of aliphatic carboxylic acids is 1. The molecule has 2 N–H and O–H groups in total. The number of anilines is 1. The van der Waals surface area contributed by atoms with Gasteiger partial charge in [0.25, 0.3) is 11.7 Å². The molecule has 0 aromatic carbocycles. The lowest BCUT2D eigenvalue weighted by Gasteiger charge is -2.23. The Morgan fingerprint density at radius 1 is 1.12 bits per heavy atom. The zero-order valence-corrected chi connectivity index (χ0v) is 23.6. The number of nitrogens with zero attached hydrogens (tertiary/aromatic N) is 8. The number of carboxylic acids is 1. The normalized spacial score (nSPS) is 16.1. The van der Waals surface area contributed by atoms with E-state index in [1.165, 1.54) is 0 Å². The van der Waals surface area contributed by atoms with Gasteiger partial charge in [-0.15, -0.1) is 0 Å². The molecule has 226 valence electrons. The van der Waals surface area contributed by atoms with Crippen molar-refractivity contribution in [3.8, 4) is 11.3 Å². The minimum atomic E-state index is -5.08. The molecule has 42 heavy (non-hydrogen) atoms. The smallest absolute Gasteiger partial charge is 0.475 e. The van der Waals surface area contributed by atoms with Gasteiger partial charge in [0, 0.05) is 43.9 Å². The van der Waals surface area contributed by atoms with E-state index in [1.807, 2.05) is 57.0 Å². The molecular weight excluding hydrogens is 559 g/mol. The van der Waals surface area contributed by atoms with E-state index in [0.717, 1.165) is 54.9 Å². The number of carbonyl (C=O) groups is 2. The van der Waals surface area contributed by atoms with Crippen molar-refractivity contribution in [1.29, 1.82) is 0 Å². The number of nitrogens with one attached hydrogen (secondary N) is 1. The van der Waals surface area contributed by atoms with Crippen molar-refractivity contribution in [3.63, 3.8) is 0 Å². The number of carbonyl (C=O) groups excluding carboxylic acids is 1. The van der Waals surface area contributed by atoms with E-state index in [-0.39, 0.29) is 17.1 Å². The van der Waals surface area contributed by atoms with Gasteiger partial charge in [0.1, 0.15) is 5.52 Å². The Balaban J connectivity index is 0.000000517. The third-order valence-corrected chi connectivity index (χ3v) is 6.58. The minimum Gasteiger partial charge on any atom is -0.475 e. The van der Waals surface area contributed by atoms with Gasteiger partial charge in [-0.1, -0.05) is 25.9 Å². The second-order valence-electron chi connectivity index (χ2n) is 11.0. The van der Waals surface area contributed by atoms with Crippen LogP contribution in [-0.4, -0.2) is 77.3 Å². The minimum absolute atomic E-state index is 0.0877. The van der Waals surface area contributed by atoms with Crippen LogP contribution >= 0.6 is 0 Å². The van der Waals surface area contributed by atoms with Gasteiger partial charge in [-0.3, -0.25) is 9.48 Å². The van der Waals surface area contributed by atoms with E-state index in [9.17, 15) is 18.0 Å². The Kier molecular flexibility index (Phi) is 8.82. The maximum Gasteiger partial charge on any atom is 0.490 e. The molecule has 0 radical (unpaired) electrons. The van der Waals surface area contributed by atoms with Gasteiger partial charge in [-0.05, 0) is 31.2 Å².